The lowest BCUT2D eigenvalue weighted by Crippen LogP contribution is -2.31. The van der Waals surface area contributed by atoms with Crippen molar-refractivity contribution in [2.24, 2.45) is 0 Å². The Labute approximate surface area is 96.1 Å². The molecular weight excluding hydrogens is 204 g/mol. The van der Waals surface area contributed by atoms with E-state index in [1.165, 1.54) is 32.4 Å². The molecule has 1 fully saturated rings. The molecule has 1 aliphatic rings. The lowest BCUT2D eigenvalue weighted by atomic mass is 10.1. The minimum Gasteiger partial charge on any atom is -0.390 e. The molecule has 0 unspecified atom stereocenters. The van der Waals surface area contributed by atoms with Crippen molar-refractivity contribution in [3.63, 3.8) is 0 Å². The fraction of sp³-hybridized carbons (Fsp3) is 0.818. The summed E-state index contributed by atoms with van der Waals surface area (Å²) in [5.41, 5.74) is 0.651. The van der Waals surface area contributed by atoms with Crippen molar-refractivity contribution in [2.75, 3.05) is 19.6 Å². The van der Waals surface area contributed by atoms with Crippen molar-refractivity contribution in [1.82, 2.24) is 19.9 Å². The number of aryl methyl sites for hydroxylation is 1. The van der Waals surface area contributed by atoms with E-state index in [1.807, 2.05) is 10.9 Å². The van der Waals surface area contributed by atoms with Crippen molar-refractivity contribution in [3.05, 3.63) is 11.9 Å². The lowest BCUT2D eigenvalue weighted by molar-refractivity contribution is 0.221. The van der Waals surface area contributed by atoms with Crippen molar-refractivity contribution < 1.29 is 5.11 Å². The van der Waals surface area contributed by atoms with Gasteiger partial charge in [0.15, 0.2) is 0 Å². The van der Waals surface area contributed by atoms with Crippen LogP contribution in [0.4, 0.5) is 0 Å². The molecule has 2 heterocycles. The Hall–Kier alpha value is -0.940. The van der Waals surface area contributed by atoms with E-state index in [2.05, 4.69) is 15.2 Å². The van der Waals surface area contributed by atoms with Gasteiger partial charge in [-0.1, -0.05) is 11.6 Å². The first-order chi connectivity index (χ1) is 7.88. The van der Waals surface area contributed by atoms with Crippen LogP contribution in [0.25, 0.3) is 0 Å². The predicted molar refractivity (Wildman–Crippen MR) is 60.9 cm³/mol. The molecule has 16 heavy (non-hydrogen) atoms. The Morgan fingerprint density at radius 3 is 2.69 bits per heavy atom. The second-order valence-corrected chi connectivity index (χ2v) is 4.39. The number of aliphatic hydroxyl groups is 1. The van der Waals surface area contributed by atoms with Crippen LogP contribution in [0, 0.1) is 0 Å². The van der Waals surface area contributed by atoms with Crippen LogP contribution in [0.1, 0.15) is 31.4 Å². The maximum absolute atomic E-state index is 8.86. The van der Waals surface area contributed by atoms with Crippen LogP contribution in [-0.4, -0.2) is 44.6 Å². The Balaban J connectivity index is 1.66. The van der Waals surface area contributed by atoms with Gasteiger partial charge < -0.3 is 10.0 Å². The highest BCUT2D eigenvalue weighted by Crippen LogP contribution is 2.08. The van der Waals surface area contributed by atoms with Gasteiger partial charge in [-0.3, -0.25) is 4.68 Å². The molecule has 0 amide bonds. The number of hydrogen-bond acceptors (Lipinski definition) is 4. The van der Waals surface area contributed by atoms with Gasteiger partial charge in [0.1, 0.15) is 5.69 Å². The Morgan fingerprint density at radius 1 is 1.19 bits per heavy atom. The molecule has 0 atom stereocenters. The van der Waals surface area contributed by atoms with Gasteiger partial charge in [-0.25, -0.2) is 0 Å². The molecule has 5 heteroatoms. The van der Waals surface area contributed by atoms with Crippen molar-refractivity contribution in [3.8, 4) is 0 Å². The number of aliphatic hydroxyl groups excluding tert-OH is 1. The zero-order valence-corrected chi connectivity index (χ0v) is 9.68. The summed E-state index contributed by atoms with van der Waals surface area (Å²) in [6, 6.07) is 0. The van der Waals surface area contributed by atoms with Crippen LogP contribution in [0.3, 0.4) is 0 Å². The number of hydrogen-bond donors (Lipinski definition) is 1. The second kappa shape index (κ2) is 5.96. The Morgan fingerprint density at radius 2 is 2.00 bits per heavy atom. The number of nitrogens with zero attached hydrogens (tertiary/aromatic N) is 4. The molecule has 1 saturated heterocycles. The normalized spacial score (nSPS) is 17.8. The molecule has 0 aliphatic carbocycles. The Kier molecular flexibility index (Phi) is 4.30. The van der Waals surface area contributed by atoms with E-state index in [9.17, 15) is 0 Å². The number of rotatable bonds is 5. The van der Waals surface area contributed by atoms with Gasteiger partial charge in [0.2, 0.25) is 0 Å². The summed E-state index contributed by atoms with van der Waals surface area (Å²) in [6.45, 7) is 4.52. The highest BCUT2D eigenvalue weighted by molar-refractivity contribution is 4.88. The van der Waals surface area contributed by atoms with Gasteiger partial charge in [0.25, 0.3) is 0 Å². The highest BCUT2D eigenvalue weighted by Gasteiger charge is 2.09. The molecule has 0 radical (unpaired) electrons. The summed E-state index contributed by atoms with van der Waals surface area (Å²) in [6.07, 6.45) is 7.00. The zero-order valence-electron chi connectivity index (χ0n) is 9.68. The third kappa shape index (κ3) is 3.28. The molecule has 0 aromatic carbocycles. The summed E-state index contributed by atoms with van der Waals surface area (Å²) in [5.74, 6) is 0. The van der Waals surface area contributed by atoms with E-state index in [4.69, 9.17) is 5.11 Å². The standard InChI is InChI=1S/C11H20N4O/c16-10-11-9-15(13-12-11)8-4-7-14-5-2-1-3-6-14/h9,16H,1-8,10H2. The summed E-state index contributed by atoms with van der Waals surface area (Å²) in [5, 5.41) is 16.7. The van der Waals surface area contributed by atoms with Crippen LogP contribution in [-0.2, 0) is 13.2 Å². The highest BCUT2D eigenvalue weighted by atomic mass is 16.3. The van der Waals surface area contributed by atoms with Gasteiger partial charge in [-0.15, -0.1) is 5.10 Å². The van der Waals surface area contributed by atoms with Crippen LogP contribution in [0.15, 0.2) is 6.20 Å². The minimum atomic E-state index is -0.0217. The van der Waals surface area contributed by atoms with Crippen molar-refractivity contribution in [1.29, 1.82) is 0 Å². The topological polar surface area (TPSA) is 54.2 Å². The van der Waals surface area contributed by atoms with Crippen LogP contribution in [0.5, 0.6) is 0 Å². The monoisotopic (exact) mass is 224 g/mol. The van der Waals surface area contributed by atoms with Gasteiger partial charge in [-0.05, 0) is 38.9 Å². The SMILES string of the molecule is OCc1cn(CCCN2CCCCC2)nn1. The maximum Gasteiger partial charge on any atom is 0.108 e. The summed E-state index contributed by atoms with van der Waals surface area (Å²) in [4.78, 5) is 2.52. The lowest BCUT2D eigenvalue weighted by Gasteiger charge is -2.26. The first kappa shape index (κ1) is 11.5. The van der Waals surface area contributed by atoms with Crippen LogP contribution < -0.4 is 0 Å². The Bertz CT molecular complexity index is 307. The first-order valence-corrected chi connectivity index (χ1v) is 6.11. The molecular formula is C11H20N4O. The zero-order chi connectivity index (χ0) is 11.2. The molecule has 90 valence electrons. The molecule has 1 aromatic rings. The molecule has 1 aromatic heterocycles. The minimum absolute atomic E-state index is 0.0217. The van der Waals surface area contributed by atoms with E-state index in [1.54, 1.807) is 0 Å². The van der Waals surface area contributed by atoms with E-state index in [0.29, 0.717) is 5.69 Å². The third-order valence-electron chi connectivity index (χ3n) is 3.06. The molecule has 1 N–H and O–H groups in total. The summed E-state index contributed by atoms with van der Waals surface area (Å²) < 4.78 is 1.81. The smallest absolute Gasteiger partial charge is 0.108 e. The number of likely N-dealkylation sites (tertiary alicyclic amines) is 1. The van der Waals surface area contributed by atoms with Gasteiger partial charge in [0, 0.05) is 6.54 Å². The third-order valence-corrected chi connectivity index (χ3v) is 3.06. The molecule has 0 spiro atoms. The van der Waals surface area contributed by atoms with Gasteiger partial charge in [0.05, 0.1) is 12.8 Å². The van der Waals surface area contributed by atoms with Gasteiger partial charge >= 0.3 is 0 Å². The summed E-state index contributed by atoms with van der Waals surface area (Å²) in [7, 11) is 0. The fourth-order valence-electron chi connectivity index (χ4n) is 2.16. The molecule has 1 aliphatic heterocycles. The average Bonchev–Trinajstić information content (AvgIpc) is 2.78. The largest absolute Gasteiger partial charge is 0.390 e. The van der Waals surface area contributed by atoms with E-state index >= 15 is 0 Å². The van der Waals surface area contributed by atoms with Gasteiger partial charge in [-0.2, -0.15) is 0 Å². The molecule has 5 nitrogen and oxygen atoms in total. The second-order valence-electron chi connectivity index (χ2n) is 4.39. The maximum atomic E-state index is 8.86. The van der Waals surface area contributed by atoms with Crippen LogP contribution in [0.2, 0.25) is 0 Å². The molecule has 2 rings (SSSR count). The van der Waals surface area contributed by atoms with E-state index < -0.39 is 0 Å². The van der Waals surface area contributed by atoms with E-state index in [-0.39, 0.29) is 6.61 Å². The summed E-state index contributed by atoms with van der Waals surface area (Å²) >= 11 is 0. The number of piperidine rings is 1. The number of aromatic nitrogens is 3. The fourth-order valence-corrected chi connectivity index (χ4v) is 2.16. The van der Waals surface area contributed by atoms with Crippen LogP contribution >= 0.6 is 0 Å². The first-order valence-electron chi connectivity index (χ1n) is 6.11. The molecule has 0 saturated carbocycles. The molecule has 0 bridgehead atoms. The predicted octanol–water partition coefficient (Wildman–Crippen LogP) is 0.646. The van der Waals surface area contributed by atoms with Crippen molar-refractivity contribution in [2.45, 2.75) is 38.8 Å². The van der Waals surface area contributed by atoms with E-state index in [0.717, 1.165) is 19.5 Å². The quantitative estimate of drug-likeness (QED) is 0.797. The average molecular weight is 224 g/mol. The van der Waals surface area contributed by atoms with Crippen molar-refractivity contribution >= 4 is 0 Å².